The Morgan fingerprint density at radius 3 is 2.37 bits per heavy atom. The fourth-order valence-corrected chi connectivity index (χ4v) is 3.07. The highest BCUT2D eigenvalue weighted by Crippen LogP contribution is 2.18. The first-order valence-electron chi connectivity index (χ1n) is 9.12. The van der Waals surface area contributed by atoms with Crippen molar-refractivity contribution in [2.24, 2.45) is 0 Å². The molecule has 0 atom stereocenters. The van der Waals surface area contributed by atoms with Crippen molar-refractivity contribution < 1.29 is 4.79 Å². The molecule has 1 aromatic heterocycles. The van der Waals surface area contributed by atoms with E-state index in [1.807, 2.05) is 69.3 Å². The Morgan fingerprint density at radius 1 is 0.963 bits per heavy atom. The van der Waals surface area contributed by atoms with E-state index in [9.17, 15) is 9.59 Å². The van der Waals surface area contributed by atoms with Crippen molar-refractivity contribution in [1.82, 2.24) is 4.57 Å². The summed E-state index contributed by atoms with van der Waals surface area (Å²) in [6, 6.07) is 19.0. The molecule has 3 rings (SSSR count). The van der Waals surface area contributed by atoms with Gasteiger partial charge in [0.2, 0.25) is 0 Å². The molecule has 0 aliphatic rings. The van der Waals surface area contributed by atoms with Crippen molar-refractivity contribution in [2.45, 2.75) is 27.3 Å². The summed E-state index contributed by atoms with van der Waals surface area (Å²) in [4.78, 5) is 27.0. The molecule has 0 saturated heterocycles. The van der Waals surface area contributed by atoms with Gasteiger partial charge in [0.05, 0.1) is 12.1 Å². The first kappa shape index (κ1) is 18.6. The maximum absolute atomic E-state index is 13.1. The second-order valence-corrected chi connectivity index (χ2v) is 6.76. The zero-order valence-electron chi connectivity index (χ0n) is 16.0. The van der Waals surface area contributed by atoms with Gasteiger partial charge in [-0.2, -0.15) is 0 Å². The molecule has 0 N–H and O–H groups in total. The molecule has 0 fully saturated rings. The summed E-state index contributed by atoms with van der Waals surface area (Å²) < 4.78 is 1.59. The summed E-state index contributed by atoms with van der Waals surface area (Å²) in [7, 11) is 0. The second-order valence-electron chi connectivity index (χ2n) is 6.76. The van der Waals surface area contributed by atoms with Gasteiger partial charge < -0.3 is 9.47 Å². The SMILES string of the molecule is CCN(C(=O)c1ccc(=O)n(Cc2ccc(C)cc2)c1)c1cccc(C)c1. The predicted molar refractivity (Wildman–Crippen MR) is 110 cm³/mol. The normalized spacial score (nSPS) is 10.6. The van der Waals surface area contributed by atoms with Crippen LogP contribution in [-0.4, -0.2) is 17.0 Å². The molecule has 0 aliphatic heterocycles. The lowest BCUT2D eigenvalue weighted by molar-refractivity contribution is 0.0987. The van der Waals surface area contributed by atoms with Crippen LogP contribution in [0.25, 0.3) is 0 Å². The Hall–Kier alpha value is -3.14. The smallest absolute Gasteiger partial charge is 0.259 e. The van der Waals surface area contributed by atoms with Gasteiger partial charge in [-0.15, -0.1) is 0 Å². The van der Waals surface area contributed by atoms with E-state index < -0.39 is 0 Å². The van der Waals surface area contributed by atoms with E-state index in [2.05, 4.69) is 0 Å². The van der Waals surface area contributed by atoms with Crippen molar-refractivity contribution in [2.75, 3.05) is 11.4 Å². The van der Waals surface area contributed by atoms with Gasteiger partial charge in [-0.3, -0.25) is 9.59 Å². The highest BCUT2D eigenvalue weighted by Gasteiger charge is 2.17. The molecule has 1 heterocycles. The molecule has 3 aromatic rings. The van der Waals surface area contributed by atoms with Crippen LogP contribution in [0.2, 0.25) is 0 Å². The first-order chi connectivity index (χ1) is 13.0. The summed E-state index contributed by atoms with van der Waals surface area (Å²) in [5, 5.41) is 0. The Kier molecular flexibility index (Phi) is 5.55. The van der Waals surface area contributed by atoms with Gasteiger partial charge in [0.25, 0.3) is 11.5 Å². The minimum atomic E-state index is -0.120. The molecule has 1 amide bonds. The fraction of sp³-hybridized carbons (Fsp3) is 0.217. The number of aryl methyl sites for hydroxylation is 2. The van der Waals surface area contributed by atoms with Crippen LogP contribution >= 0.6 is 0 Å². The Labute approximate surface area is 159 Å². The molecule has 27 heavy (non-hydrogen) atoms. The Morgan fingerprint density at radius 2 is 1.70 bits per heavy atom. The molecule has 0 bridgehead atoms. The van der Waals surface area contributed by atoms with E-state index in [-0.39, 0.29) is 11.5 Å². The molecule has 0 saturated carbocycles. The molecule has 0 radical (unpaired) electrons. The van der Waals surface area contributed by atoms with Crippen LogP contribution in [0.1, 0.15) is 34.0 Å². The molecule has 0 aliphatic carbocycles. The fourth-order valence-electron chi connectivity index (χ4n) is 3.07. The van der Waals surface area contributed by atoms with Crippen LogP contribution in [0.5, 0.6) is 0 Å². The van der Waals surface area contributed by atoms with Crippen molar-refractivity contribution in [3.8, 4) is 0 Å². The van der Waals surface area contributed by atoms with E-state index >= 15 is 0 Å². The number of carbonyl (C=O) groups is 1. The summed E-state index contributed by atoms with van der Waals surface area (Å²) in [6.07, 6.45) is 1.66. The number of pyridine rings is 1. The van der Waals surface area contributed by atoms with Gasteiger partial charge >= 0.3 is 0 Å². The van der Waals surface area contributed by atoms with Crippen LogP contribution in [0, 0.1) is 13.8 Å². The maximum Gasteiger partial charge on any atom is 0.259 e. The van der Waals surface area contributed by atoms with Crippen LogP contribution < -0.4 is 10.5 Å². The molecule has 0 spiro atoms. The first-order valence-corrected chi connectivity index (χ1v) is 9.12. The summed E-state index contributed by atoms with van der Waals surface area (Å²) >= 11 is 0. The molecule has 138 valence electrons. The number of rotatable bonds is 5. The highest BCUT2D eigenvalue weighted by molar-refractivity contribution is 6.05. The van der Waals surface area contributed by atoms with Crippen molar-refractivity contribution in [3.63, 3.8) is 0 Å². The van der Waals surface area contributed by atoms with Crippen LogP contribution in [0.15, 0.2) is 71.7 Å². The highest BCUT2D eigenvalue weighted by atomic mass is 16.2. The van der Waals surface area contributed by atoms with Gasteiger partial charge in [-0.25, -0.2) is 0 Å². The van der Waals surface area contributed by atoms with Gasteiger partial charge in [0.1, 0.15) is 0 Å². The third kappa shape index (κ3) is 4.34. The average Bonchev–Trinajstić information content (AvgIpc) is 2.66. The van der Waals surface area contributed by atoms with Crippen LogP contribution in [0.4, 0.5) is 5.69 Å². The molecule has 4 nitrogen and oxygen atoms in total. The van der Waals surface area contributed by atoms with Gasteiger partial charge in [0.15, 0.2) is 0 Å². The lowest BCUT2D eigenvalue weighted by Crippen LogP contribution is -2.32. The third-order valence-corrected chi connectivity index (χ3v) is 4.58. The minimum absolute atomic E-state index is 0.110. The van der Waals surface area contributed by atoms with E-state index in [4.69, 9.17) is 0 Å². The van der Waals surface area contributed by atoms with Crippen molar-refractivity contribution >= 4 is 11.6 Å². The topological polar surface area (TPSA) is 42.3 Å². The largest absolute Gasteiger partial charge is 0.310 e. The van der Waals surface area contributed by atoms with Gasteiger partial charge in [0, 0.05) is 24.5 Å². The lowest BCUT2D eigenvalue weighted by atomic mass is 10.1. The quantitative estimate of drug-likeness (QED) is 0.685. The van der Waals surface area contributed by atoms with Crippen molar-refractivity contribution in [1.29, 1.82) is 0 Å². The second kappa shape index (κ2) is 8.04. The zero-order chi connectivity index (χ0) is 19.4. The summed E-state index contributed by atoms with van der Waals surface area (Å²) in [5.41, 5.74) is 4.54. The number of hydrogen-bond donors (Lipinski definition) is 0. The summed E-state index contributed by atoms with van der Waals surface area (Å²) in [5.74, 6) is -0.110. The molecule has 2 aromatic carbocycles. The third-order valence-electron chi connectivity index (χ3n) is 4.58. The average molecular weight is 360 g/mol. The number of aromatic nitrogens is 1. The molecular weight excluding hydrogens is 336 g/mol. The standard InChI is InChI=1S/C23H24N2O2/c1-4-25(21-7-5-6-18(3)14-21)23(27)20-12-13-22(26)24(16-20)15-19-10-8-17(2)9-11-19/h5-14,16H,4,15H2,1-3H3. The van der Waals surface area contributed by atoms with E-state index in [1.54, 1.807) is 21.7 Å². The number of amides is 1. The molecule has 0 unspecified atom stereocenters. The van der Waals surface area contributed by atoms with Gasteiger partial charge in [-0.05, 0) is 50.1 Å². The summed E-state index contributed by atoms with van der Waals surface area (Å²) in [6.45, 7) is 6.97. The number of benzene rings is 2. The monoisotopic (exact) mass is 360 g/mol. The van der Waals surface area contributed by atoms with Gasteiger partial charge in [-0.1, -0.05) is 42.0 Å². The molecular formula is C23H24N2O2. The lowest BCUT2D eigenvalue weighted by Gasteiger charge is -2.22. The molecule has 4 heteroatoms. The number of hydrogen-bond acceptors (Lipinski definition) is 2. The van der Waals surface area contributed by atoms with E-state index in [1.165, 1.54) is 11.6 Å². The van der Waals surface area contributed by atoms with Crippen LogP contribution in [-0.2, 0) is 6.54 Å². The zero-order valence-corrected chi connectivity index (χ0v) is 16.0. The van der Waals surface area contributed by atoms with E-state index in [0.29, 0.717) is 18.7 Å². The van der Waals surface area contributed by atoms with Crippen LogP contribution in [0.3, 0.4) is 0 Å². The number of carbonyl (C=O) groups excluding carboxylic acids is 1. The Balaban J connectivity index is 1.90. The number of nitrogens with zero attached hydrogens (tertiary/aromatic N) is 2. The van der Waals surface area contributed by atoms with E-state index in [0.717, 1.165) is 16.8 Å². The number of anilines is 1. The predicted octanol–water partition coefficient (Wildman–Crippen LogP) is 4.18. The van der Waals surface area contributed by atoms with Crippen molar-refractivity contribution in [3.05, 3.63) is 99.5 Å². The maximum atomic E-state index is 13.1. The Bertz CT molecular complexity index is 1000. The minimum Gasteiger partial charge on any atom is -0.310 e.